The normalized spacial score (nSPS) is 13.6. The number of nitrogens with zero attached hydrogens (tertiary/aromatic N) is 2. The van der Waals surface area contributed by atoms with Crippen molar-refractivity contribution in [1.82, 2.24) is 10.0 Å². The predicted molar refractivity (Wildman–Crippen MR) is 121 cm³/mol. The van der Waals surface area contributed by atoms with Crippen LogP contribution in [0.25, 0.3) is 0 Å². The molecule has 0 unspecified atom stereocenters. The molecule has 0 aromatic heterocycles. The maximum absolute atomic E-state index is 12.9. The Bertz CT molecular complexity index is 1110. The van der Waals surface area contributed by atoms with E-state index >= 15 is 0 Å². The van der Waals surface area contributed by atoms with Crippen LogP contribution in [0.5, 0.6) is 17.2 Å². The van der Waals surface area contributed by atoms with Crippen LogP contribution in [0.4, 0.5) is 10.5 Å². The first-order valence-electron chi connectivity index (χ1n) is 10.2. The highest BCUT2D eigenvalue weighted by Crippen LogP contribution is 2.40. The number of benzene rings is 2. The Morgan fingerprint density at radius 3 is 2.03 bits per heavy atom. The number of methoxy groups -OCH3 is 3. The van der Waals surface area contributed by atoms with Gasteiger partial charge in [0.15, 0.2) is 21.3 Å². The highest BCUT2D eigenvalue weighted by Gasteiger charge is 2.31. The molecule has 33 heavy (non-hydrogen) atoms. The lowest BCUT2D eigenvalue weighted by Crippen LogP contribution is -2.47. The van der Waals surface area contributed by atoms with Crippen molar-refractivity contribution in [3.8, 4) is 17.2 Å². The number of nitrogens with one attached hydrogen (secondary N) is 1. The van der Waals surface area contributed by atoms with E-state index in [2.05, 4.69) is 5.32 Å². The van der Waals surface area contributed by atoms with Gasteiger partial charge in [-0.05, 0) is 24.1 Å². The van der Waals surface area contributed by atoms with Gasteiger partial charge in [0, 0.05) is 31.5 Å². The standard InChI is InChI=1S/C22H27N3O7S/c1-30-18-13-16(14-19(31-2)21(18)32-3)23-22(27)25-11-5-10-24(25)20(26)12-15-6-8-17(9-7-15)33(4,28)29/h6-9,13-14H,5,10-12H2,1-4H3,(H,23,27). The monoisotopic (exact) mass is 477 g/mol. The maximum Gasteiger partial charge on any atom is 0.340 e. The van der Waals surface area contributed by atoms with E-state index in [1.165, 1.54) is 43.5 Å². The van der Waals surface area contributed by atoms with Crippen molar-refractivity contribution in [1.29, 1.82) is 0 Å². The molecule has 0 radical (unpaired) electrons. The third-order valence-electron chi connectivity index (χ3n) is 5.18. The Morgan fingerprint density at radius 2 is 1.52 bits per heavy atom. The number of urea groups is 1. The van der Waals surface area contributed by atoms with E-state index in [1.54, 1.807) is 24.3 Å². The van der Waals surface area contributed by atoms with Crippen LogP contribution in [0.3, 0.4) is 0 Å². The highest BCUT2D eigenvalue weighted by atomic mass is 32.2. The van der Waals surface area contributed by atoms with E-state index in [1.807, 2.05) is 0 Å². The minimum Gasteiger partial charge on any atom is -0.493 e. The van der Waals surface area contributed by atoms with E-state index in [4.69, 9.17) is 14.2 Å². The summed E-state index contributed by atoms with van der Waals surface area (Å²) in [5, 5.41) is 5.53. The lowest BCUT2D eigenvalue weighted by Gasteiger charge is -2.28. The molecule has 3 amide bonds. The number of rotatable bonds is 7. The molecule has 1 aliphatic heterocycles. The minimum absolute atomic E-state index is 0.0397. The van der Waals surface area contributed by atoms with Crippen molar-refractivity contribution in [3.05, 3.63) is 42.0 Å². The Morgan fingerprint density at radius 1 is 0.939 bits per heavy atom. The Hall–Kier alpha value is -3.47. The summed E-state index contributed by atoms with van der Waals surface area (Å²) in [5.41, 5.74) is 1.08. The first-order valence-corrected chi connectivity index (χ1v) is 12.0. The van der Waals surface area contributed by atoms with Crippen LogP contribution < -0.4 is 19.5 Å². The summed E-state index contributed by atoms with van der Waals surface area (Å²) in [7, 11) is 1.13. The van der Waals surface area contributed by atoms with Crippen LogP contribution in [0.2, 0.25) is 0 Å². The SMILES string of the molecule is COc1cc(NC(=O)N2CCCN2C(=O)Cc2ccc(S(C)(=O)=O)cc2)cc(OC)c1OC. The van der Waals surface area contributed by atoms with Crippen molar-refractivity contribution in [2.75, 3.05) is 46.0 Å². The van der Waals surface area contributed by atoms with Crippen molar-refractivity contribution in [3.63, 3.8) is 0 Å². The van der Waals surface area contributed by atoms with Gasteiger partial charge >= 0.3 is 6.03 Å². The van der Waals surface area contributed by atoms with Gasteiger partial charge in [-0.3, -0.25) is 4.79 Å². The topological polar surface area (TPSA) is 114 Å². The van der Waals surface area contributed by atoms with Gasteiger partial charge in [-0.2, -0.15) is 0 Å². The molecule has 1 N–H and O–H groups in total. The fraction of sp³-hybridized carbons (Fsp3) is 0.364. The Balaban J connectivity index is 1.72. The predicted octanol–water partition coefficient (Wildman–Crippen LogP) is 2.34. The van der Waals surface area contributed by atoms with Gasteiger partial charge in [0.1, 0.15) is 0 Å². The molecule has 3 rings (SSSR count). The summed E-state index contributed by atoms with van der Waals surface area (Å²) in [6, 6.07) is 8.88. The molecule has 11 heteroatoms. The lowest BCUT2D eigenvalue weighted by molar-refractivity contribution is -0.139. The van der Waals surface area contributed by atoms with Gasteiger partial charge < -0.3 is 19.5 Å². The summed E-state index contributed by atoms with van der Waals surface area (Å²) >= 11 is 0. The van der Waals surface area contributed by atoms with Crippen LogP contribution in [-0.2, 0) is 21.1 Å². The molecule has 0 spiro atoms. The number of sulfone groups is 1. The van der Waals surface area contributed by atoms with Crippen molar-refractivity contribution >= 4 is 27.5 Å². The Kier molecular flexibility index (Phi) is 7.32. The van der Waals surface area contributed by atoms with E-state index in [0.717, 1.165) is 6.26 Å². The first kappa shape index (κ1) is 24.2. The van der Waals surface area contributed by atoms with Crippen LogP contribution >= 0.6 is 0 Å². The van der Waals surface area contributed by atoms with Gasteiger partial charge in [-0.15, -0.1) is 0 Å². The van der Waals surface area contributed by atoms with Gasteiger partial charge in [0.2, 0.25) is 11.7 Å². The average Bonchev–Trinajstić information content (AvgIpc) is 3.28. The third kappa shape index (κ3) is 5.48. The molecule has 1 heterocycles. The third-order valence-corrected chi connectivity index (χ3v) is 6.30. The lowest BCUT2D eigenvalue weighted by atomic mass is 10.1. The number of ether oxygens (including phenoxy) is 3. The van der Waals surface area contributed by atoms with Gasteiger partial charge in [-0.25, -0.2) is 23.2 Å². The second kappa shape index (κ2) is 9.99. The van der Waals surface area contributed by atoms with Crippen LogP contribution in [0.15, 0.2) is 41.3 Å². The molecule has 0 saturated carbocycles. The quantitative estimate of drug-likeness (QED) is 0.651. The van der Waals surface area contributed by atoms with Gasteiger partial charge in [-0.1, -0.05) is 12.1 Å². The molecular weight excluding hydrogens is 450 g/mol. The average molecular weight is 478 g/mol. The van der Waals surface area contributed by atoms with E-state index in [-0.39, 0.29) is 17.2 Å². The number of amides is 3. The summed E-state index contributed by atoms with van der Waals surface area (Å²) in [5.74, 6) is 0.913. The summed E-state index contributed by atoms with van der Waals surface area (Å²) in [6.07, 6.45) is 1.81. The Labute approximate surface area is 192 Å². The molecule has 1 aliphatic rings. The summed E-state index contributed by atoms with van der Waals surface area (Å²) in [6.45, 7) is 0.790. The number of carbonyl (C=O) groups is 2. The van der Waals surface area contributed by atoms with Crippen molar-refractivity contribution in [2.45, 2.75) is 17.7 Å². The molecule has 0 atom stereocenters. The van der Waals surface area contributed by atoms with E-state index < -0.39 is 15.9 Å². The second-order valence-corrected chi connectivity index (χ2v) is 9.45. The smallest absolute Gasteiger partial charge is 0.340 e. The van der Waals surface area contributed by atoms with Gasteiger partial charge in [0.05, 0.1) is 38.3 Å². The number of carbonyl (C=O) groups excluding carboxylic acids is 2. The van der Waals surface area contributed by atoms with Crippen molar-refractivity contribution < 1.29 is 32.2 Å². The maximum atomic E-state index is 12.9. The highest BCUT2D eigenvalue weighted by molar-refractivity contribution is 7.90. The van der Waals surface area contributed by atoms with Gasteiger partial charge in [0.25, 0.3) is 0 Å². The van der Waals surface area contributed by atoms with E-state index in [9.17, 15) is 18.0 Å². The molecule has 2 aromatic carbocycles. The zero-order valence-electron chi connectivity index (χ0n) is 19.0. The molecule has 178 valence electrons. The number of anilines is 1. The first-order chi connectivity index (χ1) is 15.7. The van der Waals surface area contributed by atoms with Crippen LogP contribution in [0.1, 0.15) is 12.0 Å². The molecule has 0 aliphatic carbocycles. The minimum atomic E-state index is -3.31. The fourth-order valence-electron chi connectivity index (χ4n) is 3.54. The molecule has 10 nitrogen and oxygen atoms in total. The molecule has 0 bridgehead atoms. The number of hydrazine groups is 1. The second-order valence-electron chi connectivity index (χ2n) is 7.43. The fourth-order valence-corrected chi connectivity index (χ4v) is 4.17. The zero-order valence-corrected chi connectivity index (χ0v) is 19.8. The number of hydrogen-bond donors (Lipinski definition) is 1. The van der Waals surface area contributed by atoms with Crippen LogP contribution in [-0.4, -0.2) is 71.0 Å². The molecule has 2 aromatic rings. The summed E-state index contributed by atoms with van der Waals surface area (Å²) in [4.78, 5) is 26.0. The zero-order chi connectivity index (χ0) is 24.2. The molecule has 1 fully saturated rings. The largest absolute Gasteiger partial charge is 0.493 e. The van der Waals surface area contributed by atoms with Crippen molar-refractivity contribution in [2.24, 2.45) is 0 Å². The van der Waals surface area contributed by atoms with E-state index in [0.29, 0.717) is 48.0 Å². The molecular formula is C22H27N3O7S. The summed E-state index contributed by atoms with van der Waals surface area (Å²) < 4.78 is 39.1. The molecule has 1 saturated heterocycles. The number of hydrogen-bond acceptors (Lipinski definition) is 7. The van der Waals surface area contributed by atoms with Crippen LogP contribution in [0, 0.1) is 0 Å².